The minimum Gasteiger partial charge on any atom is -0.484 e. The second-order valence-corrected chi connectivity index (χ2v) is 5.20. The number of ether oxygens (including phenoxy) is 2. The van der Waals surface area contributed by atoms with Gasteiger partial charge in [-0.15, -0.1) is 0 Å². The van der Waals surface area contributed by atoms with Crippen molar-refractivity contribution in [2.24, 2.45) is 0 Å². The summed E-state index contributed by atoms with van der Waals surface area (Å²) >= 11 is 5.04. The zero-order chi connectivity index (χ0) is 16.4. The first-order chi connectivity index (χ1) is 10.5. The molecule has 0 aliphatic heterocycles. The number of hydrazine groups is 1. The predicted molar refractivity (Wildman–Crippen MR) is 89.7 cm³/mol. The van der Waals surface area contributed by atoms with Gasteiger partial charge in [0.1, 0.15) is 5.75 Å². The van der Waals surface area contributed by atoms with Crippen LogP contribution in [0.4, 0.5) is 0 Å². The number of hydrogen-bond donors (Lipinski definition) is 3. The number of carbonyl (C=O) groups excluding carboxylic acids is 1. The Kier molecular flexibility index (Phi) is 8.24. The van der Waals surface area contributed by atoms with Crippen LogP contribution in [0.2, 0.25) is 0 Å². The van der Waals surface area contributed by atoms with Crippen LogP contribution in [0.5, 0.6) is 5.75 Å². The van der Waals surface area contributed by atoms with Gasteiger partial charge in [-0.05, 0) is 43.3 Å². The van der Waals surface area contributed by atoms with Gasteiger partial charge in [0.15, 0.2) is 11.7 Å². The Labute approximate surface area is 136 Å². The van der Waals surface area contributed by atoms with Crippen molar-refractivity contribution < 1.29 is 14.3 Å². The molecule has 22 heavy (non-hydrogen) atoms. The van der Waals surface area contributed by atoms with Gasteiger partial charge in [0.2, 0.25) is 0 Å². The summed E-state index contributed by atoms with van der Waals surface area (Å²) in [5.41, 5.74) is 6.25. The fourth-order valence-corrected chi connectivity index (χ4v) is 1.97. The Morgan fingerprint density at radius 3 is 2.82 bits per heavy atom. The molecule has 3 N–H and O–H groups in total. The second kappa shape index (κ2) is 9.97. The summed E-state index contributed by atoms with van der Waals surface area (Å²) in [5.74, 6) is 0.356. The number of benzene rings is 1. The number of rotatable bonds is 7. The molecule has 0 fully saturated rings. The Morgan fingerprint density at radius 2 is 2.14 bits per heavy atom. The third-order valence-corrected chi connectivity index (χ3v) is 3.01. The van der Waals surface area contributed by atoms with Crippen molar-refractivity contribution >= 4 is 23.2 Å². The molecular weight excluding hydrogens is 302 g/mol. The molecule has 1 atom stereocenters. The average molecular weight is 325 g/mol. The van der Waals surface area contributed by atoms with E-state index in [1.165, 1.54) is 0 Å². The summed E-state index contributed by atoms with van der Waals surface area (Å²) < 4.78 is 10.4. The Morgan fingerprint density at radius 1 is 1.36 bits per heavy atom. The molecule has 7 heteroatoms. The van der Waals surface area contributed by atoms with E-state index in [0.29, 0.717) is 17.5 Å². The van der Waals surface area contributed by atoms with Gasteiger partial charge in [-0.2, -0.15) is 0 Å². The fourth-order valence-electron chi connectivity index (χ4n) is 1.72. The van der Waals surface area contributed by atoms with Crippen molar-refractivity contribution in [3.05, 3.63) is 29.8 Å². The SMILES string of the molecule is CCc1cccc(OCC(=O)NNC(=S)N[C@H](C)COC)c1. The van der Waals surface area contributed by atoms with Gasteiger partial charge in [-0.25, -0.2) is 0 Å². The van der Waals surface area contributed by atoms with E-state index < -0.39 is 0 Å². The first-order valence-electron chi connectivity index (χ1n) is 7.11. The first-order valence-corrected chi connectivity index (χ1v) is 7.52. The molecule has 122 valence electrons. The monoisotopic (exact) mass is 325 g/mol. The number of thiocarbonyl (C=S) groups is 1. The van der Waals surface area contributed by atoms with Gasteiger partial charge in [0, 0.05) is 13.2 Å². The number of aryl methyl sites for hydroxylation is 1. The van der Waals surface area contributed by atoms with Crippen LogP contribution in [0.25, 0.3) is 0 Å². The lowest BCUT2D eigenvalue weighted by molar-refractivity contribution is -0.123. The molecule has 0 saturated heterocycles. The number of methoxy groups -OCH3 is 1. The van der Waals surface area contributed by atoms with Gasteiger partial charge in [-0.1, -0.05) is 19.1 Å². The topological polar surface area (TPSA) is 71.6 Å². The highest BCUT2D eigenvalue weighted by Gasteiger charge is 2.06. The molecule has 6 nitrogen and oxygen atoms in total. The van der Waals surface area contributed by atoms with Crippen LogP contribution < -0.4 is 20.9 Å². The number of carbonyl (C=O) groups is 1. The maximum Gasteiger partial charge on any atom is 0.276 e. The second-order valence-electron chi connectivity index (χ2n) is 4.79. The summed E-state index contributed by atoms with van der Waals surface area (Å²) in [4.78, 5) is 11.7. The first kappa shape index (κ1) is 18.2. The van der Waals surface area contributed by atoms with Crippen LogP contribution in [0.3, 0.4) is 0 Å². The molecule has 1 aromatic rings. The molecule has 0 spiro atoms. The minimum atomic E-state index is -0.314. The van der Waals surface area contributed by atoms with Crippen molar-refractivity contribution in [1.29, 1.82) is 0 Å². The number of hydrogen-bond acceptors (Lipinski definition) is 4. The average Bonchev–Trinajstić information content (AvgIpc) is 2.51. The third-order valence-electron chi connectivity index (χ3n) is 2.79. The van der Waals surface area contributed by atoms with Crippen LogP contribution in [-0.2, 0) is 16.0 Å². The standard InChI is InChI=1S/C15H23N3O3S/c1-4-12-6-5-7-13(8-12)21-10-14(19)17-18-15(22)16-11(2)9-20-3/h5-8,11H,4,9-10H2,1-3H3,(H,17,19)(H2,16,18,22)/t11-/m1/s1. The third kappa shape index (κ3) is 7.24. The van der Waals surface area contributed by atoms with E-state index >= 15 is 0 Å². The number of amides is 1. The van der Waals surface area contributed by atoms with E-state index in [1.807, 2.05) is 31.2 Å². The quantitative estimate of drug-likeness (QED) is 0.516. The van der Waals surface area contributed by atoms with E-state index in [2.05, 4.69) is 23.1 Å². The smallest absolute Gasteiger partial charge is 0.276 e. The van der Waals surface area contributed by atoms with Crippen molar-refractivity contribution in [1.82, 2.24) is 16.2 Å². The largest absolute Gasteiger partial charge is 0.484 e. The van der Waals surface area contributed by atoms with E-state index in [0.717, 1.165) is 12.0 Å². The summed E-state index contributed by atoms with van der Waals surface area (Å²) in [6.45, 7) is 4.42. The molecule has 1 rings (SSSR count). The lowest BCUT2D eigenvalue weighted by atomic mass is 10.2. The zero-order valence-corrected chi connectivity index (χ0v) is 14.0. The Hall–Kier alpha value is -1.86. The normalized spacial score (nSPS) is 11.4. The molecule has 1 amide bonds. The molecule has 0 saturated carbocycles. The predicted octanol–water partition coefficient (Wildman–Crippen LogP) is 1.16. The maximum atomic E-state index is 11.7. The van der Waals surface area contributed by atoms with E-state index in [4.69, 9.17) is 21.7 Å². The number of nitrogens with one attached hydrogen (secondary N) is 3. The molecule has 0 bridgehead atoms. The van der Waals surface area contributed by atoms with E-state index in [-0.39, 0.29) is 18.6 Å². The highest BCUT2D eigenvalue weighted by Crippen LogP contribution is 2.13. The fraction of sp³-hybridized carbons (Fsp3) is 0.467. The zero-order valence-electron chi connectivity index (χ0n) is 13.1. The summed E-state index contributed by atoms with van der Waals surface area (Å²) in [7, 11) is 1.61. The maximum absolute atomic E-state index is 11.7. The highest BCUT2D eigenvalue weighted by atomic mass is 32.1. The van der Waals surface area contributed by atoms with Crippen molar-refractivity contribution in [3.63, 3.8) is 0 Å². The van der Waals surface area contributed by atoms with Gasteiger partial charge < -0.3 is 14.8 Å². The lowest BCUT2D eigenvalue weighted by Crippen LogP contribution is -2.50. The molecular formula is C15H23N3O3S. The van der Waals surface area contributed by atoms with Crippen molar-refractivity contribution in [3.8, 4) is 5.75 Å². The van der Waals surface area contributed by atoms with Crippen molar-refractivity contribution in [2.45, 2.75) is 26.3 Å². The Bertz CT molecular complexity index is 497. The molecule has 0 aliphatic rings. The van der Waals surface area contributed by atoms with Crippen LogP contribution in [0, 0.1) is 0 Å². The van der Waals surface area contributed by atoms with Crippen LogP contribution >= 0.6 is 12.2 Å². The van der Waals surface area contributed by atoms with Gasteiger partial charge >= 0.3 is 0 Å². The molecule has 0 aliphatic carbocycles. The van der Waals surface area contributed by atoms with Crippen molar-refractivity contribution in [2.75, 3.05) is 20.3 Å². The summed E-state index contributed by atoms with van der Waals surface area (Å²) in [6.07, 6.45) is 0.921. The molecule has 0 radical (unpaired) electrons. The summed E-state index contributed by atoms with van der Waals surface area (Å²) in [6, 6.07) is 7.70. The summed E-state index contributed by atoms with van der Waals surface area (Å²) in [5, 5.41) is 3.29. The highest BCUT2D eigenvalue weighted by molar-refractivity contribution is 7.80. The molecule has 0 aromatic heterocycles. The molecule has 0 unspecified atom stereocenters. The van der Waals surface area contributed by atoms with E-state index in [9.17, 15) is 4.79 Å². The molecule has 1 aromatic carbocycles. The minimum absolute atomic E-state index is 0.0509. The van der Waals surface area contributed by atoms with Gasteiger partial charge in [0.25, 0.3) is 5.91 Å². The lowest BCUT2D eigenvalue weighted by Gasteiger charge is -2.16. The van der Waals surface area contributed by atoms with Crippen LogP contribution in [-0.4, -0.2) is 37.4 Å². The van der Waals surface area contributed by atoms with Crippen LogP contribution in [0.1, 0.15) is 19.4 Å². The van der Waals surface area contributed by atoms with E-state index in [1.54, 1.807) is 7.11 Å². The van der Waals surface area contributed by atoms with Crippen LogP contribution in [0.15, 0.2) is 24.3 Å². The van der Waals surface area contributed by atoms with Gasteiger partial charge in [-0.3, -0.25) is 15.6 Å². The Balaban J connectivity index is 2.27. The molecule has 0 heterocycles. The van der Waals surface area contributed by atoms with Gasteiger partial charge in [0.05, 0.1) is 6.61 Å².